The molecular weight excluding hydrogens is 72.1 g/mol. The topological polar surface area (TPSA) is 0 Å². The van der Waals surface area contributed by atoms with Crippen LogP contribution in [0.5, 0.6) is 0 Å². The van der Waals surface area contributed by atoms with Gasteiger partial charge in [0.1, 0.15) is 0 Å². The van der Waals surface area contributed by atoms with E-state index in [0.29, 0.717) is 0 Å². The van der Waals surface area contributed by atoms with Crippen LogP contribution in [0.1, 0.15) is 12.8 Å². The summed E-state index contributed by atoms with van der Waals surface area (Å²) >= 11 is 0. The highest BCUT2D eigenvalue weighted by atomic mass is 14.2. The first-order chi connectivity index (χ1) is 2.95. The second-order valence-electron chi connectivity index (χ2n) is 2.00. The average molecular weight is 78.1 g/mol. The van der Waals surface area contributed by atoms with Crippen LogP contribution < -0.4 is 0 Å². The van der Waals surface area contributed by atoms with E-state index in [1.807, 2.05) is 0 Å². The van der Waals surface area contributed by atoms with Crippen molar-refractivity contribution in [2.75, 3.05) is 0 Å². The number of hydrogen-bond donors (Lipinski definition) is 0. The van der Waals surface area contributed by atoms with Gasteiger partial charge in [0.25, 0.3) is 0 Å². The summed E-state index contributed by atoms with van der Waals surface area (Å²) < 4.78 is 0. The zero-order valence-corrected chi connectivity index (χ0v) is 3.57. The van der Waals surface area contributed by atoms with Crippen LogP contribution in [0.3, 0.4) is 0 Å². The van der Waals surface area contributed by atoms with Crippen LogP contribution in [0.25, 0.3) is 0 Å². The van der Waals surface area contributed by atoms with Gasteiger partial charge in [0, 0.05) is 0 Å². The van der Waals surface area contributed by atoms with Gasteiger partial charge in [-0.05, 0) is 12.8 Å². The molecule has 0 atom stereocenters. The van der Waals surface area contributed by atoms with Gasteiger partial charge in [0.15, 0.2) is 0 Å². The van der Waals surface area contributed by atoms with Crippen molar-refractivity contribution in [2.45, 2.75) is 12.8 Å². The quantitative estimate of drug-likeness (QED) is 0.413. The molecule has 0 heterocycles. The molecule has 0 spiro atoms. The van der Waals surface area contributed by atoms with Crippen LogP contribution in [0.15, 0.2) is 23.3 Å². The van der Waals surface area contributed by atoms with Gasteiger partial charge in [-0.2, -0.15) is 0 Å². The van der Waals surface area contributed by atoms with Crippen molar-refractivity contribution < 1.29 is 0 Å². The fourth-order valence-corrected chi connectivity index (χ4v) is 1.00. The smallest absolute Gasteiger partial charge is 0.00958 e. The van der Waals surface area contributed by atoms with Crippen LogP contribution in [-0.2, 0) is 0 Å². The molecule has 0 aliphatic heterocycles. The Morgan fingerprint density at radius 1 is 1.00 bits per heavy atom. The lowest BCUT2D eigenvalue weighted by molar-refractivity contribution is 0.893. The molecule has 0 N–H and O–H groups in total. The molecule has 0 heteroatoms. The van der Waals surface area contributed by atoms with Gasteiger partial charge < -0.3 is 0 Å². The largest absolute Gasteiger partial charge is 0.0624 e. The highest BCUT2D eigenvalue weighted by molar-refractivity contribution is 5.43. The molecule has 0 aromatic heterocycles. The third-order valence-corrected chi connectivity index (χ3v) is 1.46. The zero-order valence-electron chi connectivity index (χ0n) is 3.57. The van der Waals surface area contributed by atoms with Gasteiger partial charge in [-0.15, -0.1) is 0 Å². The molecule has 0 saturated heterocycles. The SMILES string of the molecule is C1=C2CC(=C1)C2. The van der Waals surface area contributed by atoms with E-state index in [1.165, 1.54) is 12.8 Å². The first-order valence-corrected chi connectivity index (χ1v) is 2.32. The summed E-state index contributed by atoms with van der Waals surface area (Å²) in [6.45, 7) is 0. The van der Waals surface area contributed by atoms with Crippen molar-refractivity contribution in [1.29, 1.82) is 0 Å². The van der Waals surface area contributed by atoms with E-state index in [0.717, 1.165) is 0 Å². The first-order valence-electron chi connectivity index (χ1n) is 2.32. The van der Waals surface area contributed by atoms with Crippen LogP contribution in [0, 0.1) is 0 Å². The van der Waals surface area contributed by atoms with E-state index in [9.17, 15) is 0 Å². The van der Waals surface area contributed by atoms with Gasteiger partial charge >= 0.3 is 0 Å². The van der Waals surface area contributed by atoms with E-state index in [4.69, 9.17) is 0 Å². The molecule has 3 aliphatic rings. The second kappa shape index (κ2) is 0.604. The molecular formula is C6H6. The van der Waals surface area contributed by atoms with Crippen LogP contribution >= 0.6 is 0 Å². The molecule has 3 aliphatic carbocycles. The minimum absolute atomic E-state index is 1.31. The van der Waals surface area contributed by atoms with E-state index < -0.39 is 0 Å². The van der Waals surface area contributed by atoms with E-state index in [2.05, 4.69) is 12.2 Å². The summed E-state index contributed by atoms with van der Waals surface area (Å²) in [7, 11) is 0. The summed E-state index contributed by atoms with van der Waals surface area (Å²) in [6, 6.07) is 0. The van der Waals surface area contributed by atoms with E-state index >= 15 is 0 Å². The van der Waals surface area contributed by atoms with Crippen molar-refractivity contribution >= 4 is 0 Å². The van der Waals surface area contributed by atoms with Gasteiger partial charge in [-0.25, -0.2) is 0 Å². The summed E-state index contributed by atoms with van der Waals surface area (Å²) in [5, 5.41) is 0. The minimum Gasteiger partial charge on any atom is -0.0624 e. The molecule has 2 bridgehead atoms. The van der Waals surface area contributed by atoms with Gasteiger partial charge in [-0.1, -0.05) is 23.3 Å². The highest BCUT2D eigenvalue weighted by Gasteiger charge is 2.18. The maximum atomic E-state index is 2.23. The predicted molar refractivity (Wildman–Crippen MR) is 25.4 cm³/mol. The molecule has 1 saturated carbocycles. The van der Waals surface area contributed by atoms with Crippen molar-refractivity contribution in [3.63, 3.8) is 0 Å². The first kappa shape index (κ1) is 2.62. The lowest BCUT2D eigenvalue weighted by Crippen LogP contribution is -1.93. The van der Waals surface area contributed by atoms with Crippen LogP contribution in [0.4, 0.5) is 0 Å². The summed E-state index contributed by atoms with van der Waals surface area (Å²) in [5.41, 5.74) is 3.26. The summed E-state index contributed by atoms with van der Waals surface area (Å²) in [5.74, 6) is 0. The van der Waals surface area contributed by atoms with Crippen LogP contribution in [-0.4, -0.2) is 0 Å². The van der Waals surface area contributed by atoms with E-state index in [1.54, 1.807) is 11.1 Å². The molecule has 0 amide bonds. The van der Waals surface area contributed by atoms with Gasteiger partial charge in [-0.3, -0.25) is 0 Å². The number of fused-ring (bicyclic) bond motifs is 1. The summed E-state index contributed by atoms with van der Waals surface area (Å²) in [6.07, 6.45) is 7.07. The Hall–Kier alpha value is -0.520. The Labute approximate surface area is 37.2 Å². The third kappa shape index (κ3) is 0.137. The Kier molecular flexibility index (Phi) is 0.264. The molecule has 1 fully saturated rings. The monoisotopic (exact) mass is 78.0 g/mol. The highest BCUT2D eigenvalue weighted by Crippen LogP contribution is 2.37. The molecule has 0 nitrogen and oxygen atoms in total. The molecule has 3 rings (SSSR count). The number of hydrogen-bond acceptors (Lipinski definition) is 0. The molecule has 6 heavy (non-hydrogen) atoms. The lowest BCUT2D eigenvalue weighted by atomic mass is 9.93. The van der Waals surface area contributed by atoms with Crippen LogP contribution in [0.2, 0.25) is 0 Å². The molecule has 0 aromatic carbocycles. The Morgan fingerprint density at radius 2 is 1.50 bits per heavy atom. The minimum atomic E-state index is 1.31. The number of rotatable bonds is 0. The number of allylic oxidation sites excluding steroid dienone is 4. The molecule has 0 unspecified atom stereocenters. The zero-order chi connectivity index (χ0) is 3.98. The maximum Gasteiger partial charge on any atom is -0.00958 e. The average Bonchev–Trinajstić information content (AvgIpc) is 1.72. The van der Waals surface area contributed by atoms with Gasteiger partial charge in [0.05, 0.1) is 0 Å². The maximum absolute atomic E-state index is 2.23. The Morgan fingerprint density at radius 3 is 1.67 bits per heavy atom. The predicted octanol–water partition coefficient (Wildman–Crippen LogP) is 1.65. The fourth-order valence-electron chi connectivity index (χ4n) is 1.00. The van der Waals surface area contributed by atoms with Crippen molar-refractivity contribution in [3.8, 4) is 0 Å². The standard InChI is InChI=1S/C6H6/c1-2-6-3-5(1)4-6/h1-2H,3-4H2. The molecule has 0 radical (unpaired) electrons. The third-order valence-electron chi connectivity index (χ3n) is 1.46. The second-order valence-corrected chi connectivity index (χ2v) is 2.00. The van der Waals surface area contributed by atoms with E-state index in [-0.39, 0.29) is 0 Å². The van der Waals surface area contributed by atoms with Gasteiger partial charge in [0.2, 0.25) is 0 Å². The van der Waals surface area contributed by atoms with Crippen molar-refractivity contribution in [2.24, 2.45) is 0 Å². The Balaban J connectivity index is 2.61. The Bertz CT molecular complexity index is 112. The van der Waals surface area contributed by atoms with Crippen molar-refractivity contribution in [1.82, 2.24) is 0 Å². The molecule has 0 aromatic rings. The fraction of sp³-hybridized carbons (Fsp3) is 0.333. The molecule has 30 valence electrons. The normalized spacial score (nSPS) is 25.3. The van der Waals surface area contributed by atoms with Crippen molar-refractivity contribution in [3.05, 3.63) is 23.3 Å². The summed E-state index contributed by atoms with van der Waals surface area (Å²) in [4.78, 5) is 0. The lowest BCUT2D eigenvalue weighted by Gasteiger charge is -2.12.